The fourth-order valence-corrected chi connectivity index (χ4v) is 0.850. The fourth-order valence-electron chi connectivity index (χ4n) is 0.519. The lowest BCUT2D eigenvalue weighted by Gasteiger charge is -2.11. The summed E-state index contributed by atoms with van der Waals surface area (Å²) in [4.78, 5) is 0. The molecule has 2 unspecified atom stereocenters. The molecular weight excluding hydrogens is 146 g/mol. The summed E-state index contributed by atoms with van der Waals surface area (Å²) in [5.41, 5.74) is 0. The zero-order valence-electron chi connectivity index (χ0n) is 7.18. The summed E-state index contributed by atoms with van der Waals surface area (Å²) in [5.74, 6) is 0. The Hall–Kier alpha value is 0.110. The van der Waals surface area contributed by atoms with E-state index in [0.29, 0.717) is 6.04 Å². The molecule has 0 fully saturated rings. The topological polar surface area (TPSA) is 29.1 Å². The van der Waals surface area contributed by atoms with E-state index in [4.69, 9.17) is 0 Å². The summed E-state index contributed by atoms with van der Waals surface area (Å²) in [6.07, 6.45) is 1.74. The summed E-state index contributed by atoms with van der Waals surface area (Å²) < 4.78 is 10.8. The van der Waals surface area contributed by atoms with Gasteiger partial charge in [0.05, 0.1) is 0 Å². The summed E-state index contributed by atoms with van der Waals surface area (Å²) in [5, 5.41) is 3.50. The Kier molecular flexibility index (Phi) is 4.91. The molecule has 0 aliphatic rings. The Morgan fingerprint density at radius 3 is 2.20 bits per heavy atom. The van der Waals surface area contributed by atoms with Crippen LogP contribution in [-0.4, -0.2) is 28.3 Å². The lowest BCUT2D eigenvalue weighted by molar-refractivity contribution is 0.581. The monoisotopic (exact) mass is 163 g/mol. The molecule has 2 nitrogen and oxygen atoms in total. The van der Waals surface area contributed by atoms with Crippen molar-refractivity contribution in [2.45, 2.75) is 32.1 Å². The molecule has 0 rings (SSSR count). The molecule has 0 saturated heterocycles. The Balaban J connectivity index is 3.40. The summed E-state index contributed by atoms with van der Waals surface area (Å²) in [7, 11) is -0.689. The largest absolute Gasteiger partial charge is 0.313 e. The van der Waals surface area contributed by atoms with Crippen molar-refractivity contribution in [1.29, 1.82) is 0 Å². The Morgan fingerprint density at radius 2 is 1.90 bits per heavy atom. The van der Waals surface area contributed by atoms with E-state index >= 15 is 0 Å². The molecule has 0 aliphatic heterocycles. The van der Waals surface area contributed by atoms with Gasteiger partial charge in [-0.1, -0.05) is 13.8 Å². The lowest BCUT2D eigenvalue weighted by Crippen LogP contribution is -2.32. The van der Waals surface area contributed by atoms with Crippen LogP contribution in [0.5, 0.6) is 0 Å². The van der Waals surface area contributed by atoms with Crippen LogP contribution in [0.1, 0.15) is 20.8 Å². The highest BCUT2D eigenvalue weighted by Crippen LogP contribution is 1.90. The molecule has 62 valence electrons. The van der Waals surface area contributed by atoms with Gasteiger partial charge in [0.2, 0.25) is 0 Å². The van der Waals surface area contributed by atoms with Gasteiger partial charge in [-0.25, -0.2) is 0 Å². The maximum atomic E-state index is 10.8. The summed E-state index contributed by atoms with van der Waals surface area (Å²) >= 11 is 0. The van der Waals surface area contributed by atoms with E-state index in [1.165, 1.54) is 0 Å². The fraction of sp³-hybridized carbons (Fsp3) is 1.00. The standard InChI is InChI=1S/C7H17NOS/c1-6(2)8-5-7(3)10(4)9/h6-8H,5H2,1-4H3. The summed E-state index contributed by atoms with van der Waals surface area (Å²) in [6, 6.07) is 0.492. The van der Waals surface area contributed by atoms with Crippen molar-refractivity contribution in [2.75, 3.05) is 12.8 Å². The molecule has 10 heavy (non-hydrogen) atoms. The highest BCUT2D eigenvalue weighted by Gasteiger charge is 2.04. The van der Waals surface area contributed by atoms with Crippen LogP contribution in [0.2, 0.25) is 0 Å². The minimum atomic E-state index is -0.689. The number of hydrogen-bond acceptors (Lipinski definition) is 2. The first-order chi connectivity index (χ1) is 4.54. The van der Waals surface area contributed by atoms with Gasteiger partial charge < -0.3 is 5.32 Å². The van der Waals surface area contributed by atoms with Crippen molar-refractivity contribution in [3.05, 3.63) is 0 Å². The first-order valence-corrected chi connectivity index (χ1v) is 5.21. The Morgan fingerprint density at radius 1 is 1.40 bits per heavy atom. The average Bonchev–Trinajstić information content (AvgIpc) is 1.82. The summed E-state index contributed by atoms with van der Waals surface area (Å²) in [6.45, 7) is 7.02. The van der Waals surface area contributed by atoms with Crippen LogP contribution in [0, 0.1) is 0 Å². The third kappa shape index (κ3) is 4.94. The molecule has 0 bridgehead atoms. The van der Waals surface area contributed by atoms with Crippen molar-refractivity contribution >= 4 is 10.8 Å². The van der Waals surface area contributed by atoms with E-state index in [1.807, 2.05) is 6.92 Å². The van der Waals surface area contributed by atoms with Crippen molar-refractivity contribution < 1.29 is 4.21 Å². The third-order valence-electron chi connectivity index (χ3n) is 1.38. The molecule has 2 atom stereocenters. The smallest absolute Gasteiger partial charge is 0.0441 e. The first-order valence-electron chi connectivity index (χ1n) is 3.59. The Bertz CT molecular complexity index is 114. The van der Waals surface area contributed by atoms with Crippen molar-refractivity contribution in [3.63, 3.8) is 0 Å². The van der Waals surface area contributed by atoms with Gasteiger partial charge in [0.25, 0.3) is 0 Å². The van der Waals surface area contributed by atoms with Gasteiger partial charge in [-0.2, -0.15) is 0 Å². The molecule has 1 N–H and O–H groups in total. The van der Waals surface area contributed by atoms with Gasteiger partial charge >= 0.3 is 0 Å². The highest BCUT2D eigenvalue weighted by molar-refractivity contribution is 7.84. The Labute approximate surface area is 65.9 Å². The molecule has 0 spiro atoms. The molecule has 0 saturated carbocycles. The molecule has 0 aromatic heterocycles. The zero-order chi connectivity index (χ0) is 8.15. The minimum Gasteiger partial charge on any atom is -0.313 e. The van der Waals surface area contributed by atoms with E-state index in [-0.39, 0.29) is 5.25 Å². The van der Waals surface area contributed by atoms with Gasteiger partial charge in [0, 0.05) is 34.9 Å². The molecule has 0 amide bonds. The van der Waals surface area contributed by atoms with Crippen LogP contribution >= 0.6 is 0 Å². The van der Waals surface area contributed by atoms with Gasteiger partial charge in [-0.05, 0) is 6.92 Å². The van der Waals surface area contributed by atoms with Gasteiger partial charge in [-0.15, -0.1) is 0 Å². The van der Waals surface area contributed by atoms with Crippen LogP contribution in [0.25, 0.3) is 0 Å². The maximum Gasteiger partial charge on any atom is 0.0441 e. The van der Waals surface area contributed by atoms with E-state index in [9.17, 15) is 4.21 Å². The van der Waals surface area contributed by atoms with Crippen LogP contribution in [-0.2, 0) is 10.8 Å². The normalized spacial score (nSPS) is 17.3. The first kappa shape index (κ1) is 10.1. The van der Waals surface area contributed by atoms with E-state index < -0.39 is 10.8 Å². The van der Waals surface area contributed by atoms with E-state index in [1.54, 1.807) is 6.26 Å². The predicted octanol–water partition coefficient (Wildman–Crippen LogP) is 0.751. The second-order valence-electron chi connectivity index (χ2n) is 2.87. The molecule has 0 aliphatic carbocycles. The SMILES string of the molecule is CC(C)NCC(C)S(C)=O. The van der Waals surface area contributed by atoms with Crippen molar-refractivity contribution in [2.24, 2.45) is 0 Å². The molecule has 0 aromatic rings. The van der Waals surface area contributed by atoms with Crippen molar-refractivity contribution in [1.82, 2.24) is 5.32 Å². The van der Waals surface area contributed by atoms with Gasteiger partial charge in [0.1, 0.15) is 0 Å². The molecule has 0 aromatic carbocycles. The van der Waals surface area contributed by atoms with Crippen molar-refractivity contribution in [3.8, 4) is 0 Å². The van der Waals surface area contributed by atoms with Crippen LogP contribution in [0.3, 0.4) is 0 Å². The molecule has 0 radical (unpaired) electrons. The van der Waals surface area contributed by atoms with Crippen LogP contribution in [0.15, 0.2) is 0 Å². The molecular formula is C7H17NOS. The second kappa shape index (κ2) is 4.85. The number of hydrogen-bond donors (Lipinski definition) is 1. The number of nitrogens with one attached hydrogen (secondary N) is 1. The van der Waals surface area contributed by atoms with E-state index in [2.05, 4.69) is 19.2 Å². The van der Waals surface area contributed by atoms with Crippen LogP contribution < -0.4 is 5.32 Å². The molecule has 3 heteroatoms. The minimum absolute atomic E-state index is 0.266. The third-order valence-corrected chi connectivity index (χ3v) is 2.68. The quantitative estimate of drug-likeness (QED) is 0.662. The zero-order valence-corrected chi connectivity index (χ0v) is 7.99. The number of rotatable bonds is 4. The maximum absolute atomic E-state index is 10.8. The van der Waals surface area contributed by atoms with Gasteiger partial charge in [0.15, 0.2) is 0 Å². The van der Waals surface area contributed by atoms with Crippen LogP contribution in [0.4, 0.5) is 0 Å². The lowest BCUT2D eigenvalue weighted by atomic mass is 10.3. The van der Waals surface area contributed by atoms with Gasteiger partial charge in [-0.3, -0.25) is 4.21 Å². The predicted molar refractivity (Wildman–Crippen MR) is 46.7 cm³/mol. The molecule has 0 heterocycles. The highest BCUT2D eigenvalue weighted by atomic mass is 32.2. The second-order valence-corrected chi connectivity index (χ2v) is 4.67. The average molecular weight is 163 g/mol. The van der Waals surface area contributed by atoms with E-state index in [0.717, 1.165) is 6.54 Å².